The zero-order valence-electron chi connectivity index (χ0n) is 43.9. The van der Waals surface area contributed by atoms with Gasteiger partial charge in [0.2, 0.25) is 11.8 Å². The van der Waals surface area contributed by atoms with Crippen molar-refractivity contribution in [3.63, 3.8) is 0 Å². The summed E-state index contributed by atoms with van der Waals surface area (Å²) >= 11 is 0. The molecular formula is C62H58FN5O10. The van der Waals surface area contributed by atoms with E-state index in [0.29, 0.717) is 28.6 Å². The number of halogens is 1. The van der Waals surface area contributed by atoms with Crippen molar-refractivity contribution in [2.24, 2.45) is 0 Å². The molecule has 7 aromatic carbocycles. The molecule has 0 aliphatic carbocycles. The van der Waals surface area contributed by atoms with E-state index in [0.717, 1.165) is 33.4 Å². The lowest BCUT2D eigenvalue weighted by Crippen LogP contribution is -2.45. The molecule has 3 heterocycles. The number of nitrogens with zero attached hydrogens (tertiary/aromatic N) is 4. The third-order valence-corrected chi connectivity index (χ3v) is 14.1. The summed E-state index contributed by atoms with van der Waals surface area (Å²) in [4.78, 5) is 28.5. The Kier molecular flexibility index (Phi) is 15.3. The maximum absolute atomic E-state index is 18.6. The molecule has 0 radical (unpaired) electrons. The van der Waals surface area contributed by atoms with E-state index in [2.05, 4.69) is 10.3 Å². The predicted octanol–water partition coefficient (Wildman–Crippen LogP) is 11.6. The number of benzene rings is 7. The fraction of sp³-hybridized carbons (Fsp3) is 0.226. The molecule has 9 aromatic rings. The summed E-state index contributed by atoms with van der Waals surface area (Å²) in [5.41, 5.74) is 0.689. The van der Waals surface area contributed by atoms with Gasteiger partial charge < -0.3 is 47.9 Å². The number of rotatable bonds is 20. The van der Waals surface area contributed by atoms with E-state index in [1.807, 2.05) is 176 Å². The van der Waals surface area contributed by atoms with E-state index in [1.54, 1.807) is 40.6 Å². The molecule has 1 fully saturated rings. The maximum Gasteiger partial charge on any atom is 0.509 e. The second kappa shape index (κ2) is 22.7. The van der Waals surface area contributed by atoms with E-state index >= 15 is 4.39 Å². The third-order valence-electron chi connectivity index (χ3n) is 14.1. The first kappa shape index (κ1) is 52.5. The van der Waals surface area contributed by atoms with Crippen molar-refractivity contribution >= 4 is 23.3 Å². The summed E-state index contributed by atoms with van der Waals surface area (Å²) in [6.45, 7) is 0.866. The van der Waals surface area contributed by atoms with Gasteiger partial charge in [0, 0.05) is 0 Å². The number of nitrogens with one attached hydrogen (secondary N) is 1. The number of carbonyl (C=O) groups is 1. The number of ether oxygens (including phenoxy) is 9. The molecule has 4 atom stereocenters. The highest BCUT2D eigenvalue weighted by atomic mass is 19.1. The first-order valence-electron chi connectivity index (χ1n) is 25.2. The van der Waals surface area contributed by atoms with Crippen molar-refractivity contribution in [1.82, 2.24) is 19.5 Å². The van der Waals surface area contributed by atoms with Crippen LogP contribution in [0.1, 0.15) is 52.1 Å². The topological polar surface area (TPSA) is 156 Å². The van der Waals surface area contributed by atoms with Gasteiger partial charge in [0.15, 0.2) is 29.2 Å². The predicted molar refractivity (Wildman–Crippen MR) is 291 cm³/mol. The van der Waals surface area contributed by atoms with Crippen LogP contribution in [-0.2, 0) is 36.7 Å². The van der Waals surface area contributed by atoms with Crippen LogP contribution in [0, 0.1) is 0 Å². The van der Waals surface area contributed by atoms with Crippen LogP contribution in [0.15, 0.2) is 194 Å². The van der Waals surface area contributed by atoms with E-state index in [4.69, 9.17) is 52.6 Å². The lowest BCUT2D eigenvalue weighted by molar-refractivity contribution is -0.0990. The minimum absolute atomic E-state index is 0.0926. The largest absolute Gasteiger partial charge is 0.509 e. The van der Waals surface area contributed by atoms with Crippen LogP contribution < -0.4 is 29.0 Å². The average molecular weight is 1050 g/mol. The minimum atomic E-state index is -2.51. The van der Waals surface area contributed by atoms with E-state index in [9.17, 15) is 4.79 Å². The Balaban J connectivity index is 1.09. The second-order valence-corrected chi connectivity index (χ2v) is 18.6. The van der Waals surface area contributed by atoms with Crippen molar-refractivity contribution in [1.29, 1.82) is 0 Å². The number of anilines is 1. The Hall–Kier alpha value is -8.99. The van der Waals surface area contributed by atoms with Crippen molar-refractivity contribution in [2.75, 3.05) is 47.5 Å². The van der Waals surface area contributed by atoms with Crippen LogP contribution in [-0.4, -0.2) is 85.7 Å². The summed E-state index contributed by atoms with van der Waals surface area (Å²) in [6, 6.07) is 59.0. The molecule has 1 aliphatic heterocycles. The highest BCUT2D eigenvalue weighted by Gasteiger charge is 2.59. The van der Waals surface area contributed by atoms with Gasteiger partial charge >= 0.3 is 6.16 Å². The van der Waals surface area contributed by atoms with Crippen molar-refractivity contribution < 1.29 is 51.8 Å². The number of fused-ring (bicyclic) bond motifs is 1. The van der Waals surface area contributed by atoms with Crippen LogP contribution in [0.2, 0.25) is 0 Å². The first-order valence-corrected chi connectivity index (χ1v) is 25.2. The molecule has 2 aromatic heterocycles. The zero-order chi connectivity index (χ0) is 54.3. The molecule has 1 unspecified atom stereocenters. The van der Waals surface area contributed by atoms with Gasteiger partial charge in [0.1, 0.15) is 46.8 Å². The Morgan fingerprint density at radius 1 is 0.603 bits per heavy atom. The van der Waals surface area contributed by atoms with Crippen molar-refractivity contribution in [3.8, 4) is 28.9 Å². The molecule has 0 spiro atoms. The van der Waals surface area contributed by atoms with E-state index < -0.39 is 41.4 Å². The molecule has 1 saturated heterocycles. The molecular weight excluding hydrogens is 994 g/mol. The molecule has 0 bridgehead atoms. The minimum Gasteiger partial charge on any atom is -0.497 e. The van der Waals surface area contributed by atoms with Gasteiger partial charge in [-0.05, 0) is 94.4 Å². The Bertz CT molecular complexity index is 3330. The Labute approximate surface area is 451 Å². The fourth-order valence-corrected chi connectivity index (χ4v) is 10.2. The van der Waals surface area contributed by atoms with Gasteiger partial charge in [-0.25, -0.2) is 14.2 Å². The lowest BCUT2D eigenvalue weighted by Gasteiger charge is -2.37. The van der Waals surface area contributed by atoms with E-state index in [-0.39, 0.29) is 36.2 Å². The van der Waals surface area contributed by atoms with Crippen molar-refractivity contribution in [3.05, 3.63) is 233 Å². The van der Waals surface area contributed by atoms with Gasteiger partial charge in [-0.1, -0.05) is 140 Å². The number of methoxy groups -OCH3 is 5. The first-order chi connectivity index (χ1) is 38.0. The molecule has 15 nitrogen and oxygen atoms in total. The summed E-state index contributed by atoms with van der Waals surface area (Å²) in [7, 11) is 7.88. The molecule has 398 valence electrons. The average Bonchev–Trinajstić information content (AvgIpc) is 4.22. The summed E-state index contributed by atoms with van der Waals surface area (Å²) in [6.07, 6.45) is -4.14. The monoisotopic (exact) mass is 1050 g/mol. The van der Waals surface area contributed by atoms with Gasteiger partial charge in [0.25, 0.3) is 0 Å². The van der Waals surface area contributed by atoms with Gasteiger partial charge in [-0.2, -0.15) is 9.97 Å². The molecule has 10 rings (SSSR count). The van der Waals surface area contributed by atoms with Gasteiger partial charge in [-0.3, -0.25) is 4.57 Å². The zero-order valence-corrected chi connectivity index (χ0v) is 43.9. The molecule has 78 heavy (non-hydrogen) atoms. The maximum atomic E-state index is 18.6. The standard InChI is InChI=1S/C62H58FN5O10/c1-60(63)54(78-59(69)75-38-41-16-10-7-11-17-41)52(39-76-62(45-20-14-9-15-21-45,46-26-34-50(72-4)35-27-46)47-28-36-51(73-5)37-29-47)77-57(60)68-40-64-53-55(68)65-58(66-56(53)74-6)67-61(42-18-12-8-13-19-42,43-22-30-48(70-2)31-23-43)44-24-32-49(71-3)33-25-44/h7-37,40,52,54,57H,38-39H2,1-6H3,(H,65,66,67)/t52-,54-,57?,60-/m1/s1. The quantitative estimate of drug-likeness (QED) is 0.0568. The second-order valence-electron chi connectivity index (χ2n) is 18.6. The normalized spacial score (nSPS) is 17.2. The van der Waals surface area contributed by atoms with E-state index in [1.165, 1.54) is 24.9 Å². The molecule has 1 N–H and O–H groups in total. The highest BCUT2D eigenvalue weighted by Crippen LogP contribution is 2.48. The molecule has 0 saturated carbocycles. The molecule has 16 heteroatoms. The Morgan fingerprint density at radius 2 is 1.05 bits per heavy atom. The van der Waals surface area contributed by atoms with Crippen molar-refractivity contribution in [2.45, 2.75) is 48.8 Å². The number of hydrogen-bond acceptors (Lipinski definition) is 14. The number of alkyl halides is 1. The number of carbonyl (C=O) groups excluding carboxylic acids is 1. The van der Waals surface area contributed by atoms with Gasteiger partial charge in [-0.15, -0.1) is 0 Å². The Morgan fingerprint density at radius 3 is 1.54 bits per heavy atom. The van der Waals surface area contributed by atoms with Crippen LogP contribution in [0.4, 0.5) is 15.1 Å². The molecule has 1 aliphatic rings. The van der Waals surface area contributed by atoms with Gasteiger partial charge in [0.05, 0.1) is 48.5 Å². The smallest absolute Gasteiger partial charge is 0.497 e. The van der Waals surface area contributed by atoms with Crippen LogP contribution in [0.5, 0.6) is 28.9 Å². The summed E-state index contributed by atoms with van der Waals surface area (Å²) in [5.74, 6) is 2.77. The van der Waals surface area contributed by atoms with Crippen LogP contribution in [0.25, 0.3) is 11.2 Å². The molecule has 0 amide bonds. The third kappa shape index (κ3) is 10.1. The highest BCUT2D eigenvalue weighted by molar-refractivity contribution is 5.78. The number of imidazole rings is 1. The number of hydrogen-bond donors (Lipinski definition) is 1. The van der Waals surface area contributed by atoms with Crippen LogP contribution in [0.3, 0.4) is 0 Å². The number of aromatic nitrogens is 4. The van der Waals surface area contributed by atoms with Crippen LogP contribution >= 0.6 is 0 Å². The lowest BCUT2D eigenvalue weighted by atomic mass is 9.77. The summed E-state index contributed by atoms with van der Waals surface area (Å²) in [5, 5.41) is 3.70. The summed E-state index contributed by atoms with van der Waals surface area (Å²) < 4.78 is 74.1. The SMILES string of the molecule is COc1ccc(C(Nc2nc(OC)c3ncn(C4O[C@H](COC(c5ccccc5)(c5ccc(OC)cc5)c5ccc(OC)cc5)[C@@H](OC(=O)OCc5ccccc5)[C@@]4(C)F)c3n2)(c2ccccc2)c2ccc(OC)cc2)cc1. The fourth-order valence-electron chi connectivity index (χ4n) is 10.2.